The van der Waals surface area contributed by atoms with Crippen molar-refractivity contribution in [1.82, 2.24) is 10.6 Å². The maximum absolute atomic E-state index is 12.8. The maximum atomic E-state index is 12.8. The first kappa shape index (κ1) is 18.3. The lowest BCUT2D eigenvalue weighted by atomic mass is 9.81. The number of hydrogen-bond donors (Lipinski definition) is 2. The molecular weight excluding hydrogens is 311 g/mol. The number of hydrogen-bond acceptors (Lipinski definition) is 3. The molecule has 1 aliphatic heterocycles. The minimum Gasteiger partial charge on any atom is -0.376 e. The molecule has 1 aliphatic carbocycles. The molecule has 0 radical (unpaired) electrons. The maximum Gasteiger partial charge on any atom is 0.391 e. The van der Waals surface area contributed by atoms with Gasteiger partial charge in [0.1, 0.15) is 0 Å². The first-order valence-electron chi connectivity index (χ1n) is 8.19. The van der Waals surface area contributed by atoms with Gasteiger partial charge in [0, 0.05) is 20.1 Å². The fourth-order valence-corrected chi connectivity index (χ4v) is 3.10. The van der Waals surface area contributed by atoms with Gasteiger partial charge in [-0.05, 0) is 25.2 Å². The fourth-order valence-electron chi connectivity index (χ4n) is 3.10. The Morgan fingerprint density at radius 2 is 1.96 bits per heavy atom. The number of nitrogens with one attached hydrogen (secondary N) is 2. The summed E-state index contributed by atoms with van der Waals surface area (Å²) in [5.74, 6) is -0.540. The Morgan fingerprint density at radius 1 is 1.17 bits per heavy atom. The number of alkyl halides is 3. The Balaban J connectivity index is 1.70. The molecule has 3 unspecified atom stereocenters. The zero-order valence-electron chi connectivity index (χ0n) is 13.5. The molecule has 1 saturated heterocycles. The molecule has 8 heteroatoms. The molecular formula is C15H26F3N3O2. The van der Waals surface area contributed by atoms with Crippen molar-refractivity contribution in [2.24, 2.45) is 16.8 Å². The van der Waals surface area contributed by atoms with Gasteiger partial charge in [0.05, 0.1) is 31.8 Å². The second-order valence-electron chi connectivity index (χ2n) is 6.17. The van der Waals surface area contributed by atoms with Gasteiger partial charge in [0.2, 0.25) is 0 Å². The second kappa shape index (κ2) is 8.73. The van der Waals surface area contributed by atoms with E-state index in [1.807, 2.05) is 0 Å². The Labute approximate surface area is 135 Å². The molecule has 1 saturated carbocycles. The van der Waals surface area contributed by atoms with E-state index in [0.29, 0.717) is 45.3 Å². The van der Waals surface area contributed by atoms with Crippen molar-refractivity contribution in [3.05, 3.63) is 0 Å². The molecule has 0 spiro atoms. The highest BCUT2D eigenvalue weighted by Crippen LogP contribution is 2.39. The van der Waals surface area contributed by atoms with Crippen molar-refractivity contribution in [2.75, 3.05) is 40.0 Å². The van der Waals surface area contributed by atoms with E-state index >= 15 is 0 Å². The largest absolute Gasteiger partial charge is 0.391 e. The smallest absolute Gasteiger partial charge is 0.376 e. The van der Waals surface area contributed by atoms with Gasteiger partial charge in [-0.1, -0.05) is 6.42 Å². The second-order valence-corrected chi connectivity index (χ2v) is 6.17. The lowest BCUT2D eigenvalue weighted by Gasteiger charge is -2.31. The van der Waals surface area contributed by atoms with Crippen molar-refractivity contribution in [3.63, 3.8) is 0 Å². The normalized spacial score (nSPS) is 30.1. The van der Waals surface area contributed by atoms with E-state index in [0.717, 1.165) is 6.42 Å². The van der Waals surface area contributed by atoms with Crippen LogP contribution in [0.4, 0.5) is 13.2 Å². The van der Waals surface area contributed by atoms with Crippen molar-refractivity contribution < 1.29 is 22.6 Å². The Kier molecular flexibility index (Phi) is 6.95. The number of ether oxygens (including phenoxy) is 2. The van der Waals surface area contributed by atoms with Gasteiger partial charge in [-0.25, -0.2) is 0 Å². The first-order chi connectivity index (χ1) is 11.0. The third-order valence-electron chi connectivity index (χ3n) is 4.41. The average Bonchev–Trinajstić information content (AvgIpc) is 2.55. The van der Waals surface area contributed by atoms with Crippen LogP contribution in [0.1, 0.15) is 25.7 Å². The molecule has 0 amide bonds. The lowest BCUT2D eigenvalue weighted by Crippen LogP contribution is -2.46. The van der Waals surface area contributed by atoms with E-state index in [1.165, 1.54) is 0 Å². The number of nitrogens with zero attached hydrogens (tertiary/aromatic N) is 1. The van der Waals surface area contributed by atoms with Gasteiger partial charge >= 0.3 is 6.18 Å². The highest BCUT2D eigenvalue weighted by atomic mass is 19.4. The minimum absolute atomic E-state index is 0.0217. The predicted octanol–water partition coefficient (Wildman–Crippen LogP) is 1.94. The highest BCUT2D eigenvalue weighted by molar-refractivity contribution is 5.79. The average molecular weight is 337 g/mol. The molecule has 2 aliphatic rings. The summed E-state index contributed by atoms with van der Waals surface area (Å²) in [6.07, 6.45) is -2.17. The predicted molar refractivity (Wildman–Crippen MR) is 81.4 cm³/mol. The zero-order chi connectivity index (χ0) is 16.7. The molecule has 5 nitrogen and oxygen atoms in total. The van der Waals surface area contributed by atoms with E-state index in [4.69, 9.17) is 9.47 Å². The summed E-state index contributed by atoms with van der Waals surface area (Å²) in [4.78, 5) is 4.10. The number of aliphatic imine (C=N–C) groups is 1. The summed E-state index contributed by atoms with van der Waals surface area (Å²) in [7, 11) is 1.65. The van der Waals surface area contributed by atoms with Crippen LogP contribution in [0.25, 0.3) is 0 Å². The summed E-state index contributed by atoms with van der Waals surface area (Å²) in [5.41, 5.74) is 0. The van der Waals surface area contributed by atoms with Gasteiger partial charge in [0.25, 0.3) is 0 Å². The summed E-state index contributed by atoms with van der Waals surface area (Å²) in [5, 5.41) is 6.26. The van der Waals surface area contributed by atoms with Crippen molar-refractivity contribution in [2.45, 2.75) is 38.0 Å². The molecule has 3 atom stereocenters. The highest BCUT2D eigenvalue weighted by Gasteiger charge is 2.42. The van der Waals surface area contributed by atoms with Gasteiger partial charge in [0.15, 0.2) is 5.96 Å². The minimum atomic E-state index is -4.07. The van der Waals surface area contributed by atoms with E-state index in [9.17, 15) is 13.2 Å². The van der Waals surface area contributed by atoms with Gasteiger partial charge in [-0.3, -0.25) is 4.99 Å². The van der Waals surface area contributed by atoms with Crippen molar-refractivity contribution in [3.8, 4) is 0 Å². The molecule has 1 heterocycles. The standard InChI is InChI=1S/C15H26F3N3O2/c1-19-14(21-9-13-10-22-5-6-23-13)20-8-11-3-2-4-12(7-11)15(16,17)18/h11-13H,2-10H2,1H3,(H2,19,20,21). The van der Waals surface area contributed by atoms with Crippen LogP contribution in [0.3, 0.4) is 0 Å². The number of guanidine groups is 1. The van der Waals surface area contributed by atoms with Crippen LogP contribution in [-0.2, 0) is 9.47 Å². The first-order valence-corrected chi connectivity index (χ1v) is 8.19. The summed E-state index contributed by atoms with van der Waals surface area (Å²) in [6.45, 7) is 2.81. The molecule has 0 aromatic carbocycles. The molecule has 0 aromatic rings. The fraction of sp³-hybridized carbons (Fsp3) is 0.933. The molecule has 2 N–H and O–H groups in total. The van der Waals surface area contributed by atoms with E-state index in [-0.39, 0.29) is 24.9 Å². The third kappa shape index (κ3) is 6.18. The summed E-state index contributed by atoms with van der Waals surface area (Å²) < 4.78 is 49.3. The van der Waals surface area contributed by atoms with Crippen LogP contribution in [0.2, 0.25) is 0 Å². The summed E-state index contributed by atoms with van der Waals surface area (Å²) in [6, 6.07) is 0. The van der Waals surface area contributed by atoms with Gasteiger partial charge in [-0.2, -0.15) is 13.2 Å². The van der Waals surface area contributed by atoms with Crippen LogP contribution >= 0.6 is 0 Å². The monoisotopic (exact) mass is 337 g/mol. The van der Waals surface area contributed by atoms with E-state index < -0.39 is 12.1 Å². The van der Waals surface area contributed by atoms with E-state index in [1.54, 1.807) is 7.05 Å². The Bertz CT molecular complexity index is 385. The lowest BCUT2D eigenvalue weighted by molar-refractivity contribution is -0.185. The van der Waals surface area contributed by atoms with Crippen LogP contribution in [0.15, 0.2) is 4.99 Å². The van der Waals surface area contributed by atoms with E-state index in [2.05, 4.69) is 15.6 Å². The molecule has 0 bridgehead atoms. The van der Waals surface area contributed by atoms with Crippen molar-refractivity contribution >= 4 is 5.96 Å². The SMILES string of the molecule is CN=C(NCC1CCCC(C(F)(F)F)C1)NCC1COCCO1. The third-order valence-corrected chi connectivity index (χ3v) is 4.41. The molecule has 0 aromatic heterocycles. The van der Waals surface area contributed by atoms with Gasteiger partial charge in [-0.15, -0.1) is 0 Å². The molecule has 2 rings (SSSR count). The van der Waals surface area contributed by atoms with Gasteiger partial charge < -0.3 is 20.1 Å². The zero-order valence-corrected chi connectivity index (χ0v) is 13.5. The Morgan fingerprint density at radius 3 is 2.61 bits per heavy atom. The number of rotatable bonds is 4. The van der Waals surface area contributed by atoms with Crippen LogP contribution in [-0.4, -0.2) is 58.2 Å². The van der Waals surface area contributed by atoms with Crippen LogP contribution in [0.5, 0.6) is 0 Å². The van der Waals surface area contributed by atoms with Crippen LogP contribution in [0, 0.1) is 11.8 Å². The summed E-state index contributed by atoms with van der Waals surface area (Å²) >= 11 is 0. The molecule has 23 heavy (non-hydrogen) atoms. The number of halogens is 3. The quantitative estimate of drug-likeness (QED) is 0.608. The molecule has 134 valence electrons. The topological polar surface area (TPSA) is 54.9 Å². The molecule has 2 fully saturated rings. The Hall–Kier alpha value is -1.02. The van der Waals surface area contributed by atoms with Crippen LogP contribution < -0.4 is 10.6 Å². The van der Waals surface area contributed by atoms with Crippen molar-refractivity contribution in [1.29, 1.82) is 0 Å².